The lowest BCUT2D eigenvalue weighted by molar-refractivity contribution is 0.262. The first-order valence-electron chi connectivity index (χ1n) is 16.9. The van der Waals surface area contributed by atoms with E-state index in [-0.39, 0.29) is 21.3 Å². The molecule has 1 aliphatic rings. The van der Waals surface area contributed by atoms with Gasteiger partial charge >= 0.3 is 0 Å². The molecule has 0 bridgehead atoms. The predicted molar refractivity (Wildman–Crippen MR) is 214 cm³/mol. The largest absolute Gasteiger partial charge is 0.312 e. The molecular weight excluding hydrogens is 717 g/mol. The summed E-state index contributed by atoms with van der Waals surface area (Å²) in [6.07, 6.45) is 6.56. The Balaban J connectivity index is 1.27. The van der Waals surface area contributed by atoms with E-state index >= 15 is 0 Å². The first kappa shape index (κ1) is 31.5. The van der Waals surface area contributed by atoms with Crippen molar-refractivity contribution < 1.29 is 0 Å². The Morgan fingerprint density at radius 1 is 0.812 bits per heavy atom. The van der Waals surface area contributed by atoms with E-state index in [0.717, 1.165) is 12.8 Å². The van der Waals surface area contributed by atoms with Crippen LogP contribution in [0.2, 0.25) is 0 Å². The summed E-state index contributed by atoms with van der Waals surface area (Å²) >= 11 is 4.56. The molecule has 0 spiro atoms. The summed E-state index contributed by atoms with van der Waals surface area (Å²) in [6.45, 7) is 6.96. The number of rotatable bonds is 9. The maximum Gasteiger partial charge on any atom is 0.141 e. The van der Waals surface area contributed by atoms with Crippen molar-refractivity contribution >= 4 is 71.1 Å². The highest BCUT2D eigenvalue weighted by atomic mass is 127. The fraction of sp³-hybridized carbons (Fsp3) is 0.209. The van der Waals surface area contributed by atoms with Crippen molar-refractivity contribution in [2.45, 2.75) is 54.9 Å². The second-order valence-electron chi connectivity index (χ2n) is 13.3. The third-order valence-corrected chi connectivity index (χ3v) is 13.2. The molecule has 8 rings (SSSR count). The fourth-order valence-electron chi connectivity index (χ4n) is 7.63. The zero-order valence-corrected chi connectivity index (χ0v) is 30.6. The number of nitrogens with zero attached hydrogens (tertiary/aromatic N) is 1. The van der Waals surface area contributed by atoms with Gasteiger partial charge in [0.15, 0.2) is 0 Å². The minimum atomic E-state index is -0.283. The average Bonchev–Trinajstić information content (AvgIpc) is 3.67. The molecule has 2 aromatic heterocycles. The standard InChI is InChI=1S/C43H40IN3S/c1-4-43(44,31-18-9-6-10-19-31)46-41(45-29(2)30-16-7-5-8-17-30)47-37-24-13-11-20-32(37)35-28-42(3,27-26-38(35)47)36-23-15-22-34-33-21-12-14-25-39(33)48-40(34)36/h5-27,29,41,45-46H,4,28H2,1-3H3. The third kappa shape index (κ3) is 5.41. The number of hydrogen-bond donors (Lipinski definition) is 2. The SMILES string of the molecule is CCC(I)(NC(NC(C)c1ccccc1)n1c2c(c3ccccc31)CC(C)(c1cccc3c1sc1ccccc13)C=C2)c1ccccc1. The number of benzene rings is 5. The van der Waals surface area contributed by atoms with Gasteiger partial charge in [0.05, 0.1) is 9.06 Å². The molecular formula is C43H40IN3S. The van der Waals surface area contributed by atoms with Gasteiger partial charge in [0, 0.05) is 42.7 Å². The molecule has 0 aliphatic heterocycles. The molecule has 0 saturated carbocycles. The normalized spacial score (nSPS) is 18.6. The van der Waals surface area contributed by atoms with E-state index in [4.69, 9.17) is 0 Å². The van der Waals surface area contributed by atoms with Crippen molar-refractivity contribution in [3.8, 4) is 0 Å². The molecule has 1 aliphatic carbocycles. The zero-order valence-electron chi connectivity index (χ0n) is 27.6. The zero-order chi connectivity index (χ0) is 32.9. The molecule has 0 radical (unpaired) electrons. The van der Waals surface area contributed by atoms with E-state index in [2.05, 4.69) is 198 Å². The topological polar surface area (TPSA) is 29.0 Å². The van der Waals surface area contributed by atoms with Gasteiger partial charge in [0.1, 0.15) is 6.29 Å². The summed E-state index contributed by atoms with van der Waals surface area (Å²) in [4.78, 5) is 0. The summed E-state index contributed by atoms with van der Waals surface area (Å²) in [5.41, 5.74) is 7.73. The molecule has 2 heterocycles. The number of allylic oxidation sites excluding steroid dienone is 1. The number of halogens is 1. The third-order valence-electron chi connectivity index (χ3n) is 10.3. The van der Waals surface area contributed by atoms with Crippen LogP contribution in [-0.4, -0.2) is 4.57 Å². The van der Waals surface area contributed by atoms with Crippen LogP contribution in [-0.2, 0) is 15.4 Å². The van der Waals surface area contributed by atoms with E-state index in [1.165, 1.54) is 59.0 Å². The summed E-state index contributed by atoms with van der Waals surface area (Å²) in [5.74, 6) is 0. The maximum atomic E-state index is 4.14. The number of alkyl halides is 1. The van der Waals surface area contributed by atoms with Crippen LogP contribution < -0.4 is 10.6 Å². The van der Waals surface area contributed by atoms with Gasteiger partial charge in [-0.05, 0) is 60.2 Å². The molecule has 7 aromatic rings. The van der Waals surface area contributed by atoms with E-state index in [1.807, 2.05) is 11.3 Å². The van der Waals surface area contributed by atoms with Crippen molar-refractivity contribution in [3.63, 3.8) is 0 Å². The summed E-state index contributed by atoms with van der Waals surface area (Å²) in [5, 5.41) is 12.2. The van der Waals surface area contributed by atoms with E-state index in [0.29, 0.717) is 0 Å². The van der Waals surface area contributed by atoms with Gasteiger partial charge in [-0.1, -0.05) is 158 Å². The quantitative estimate of drug-likeness (QED) is 0.0665. The molecule has 48 heavy (non-hydrogen) atoms. The van der Waals surface area contributed by atoms with Gasteiger partial charge in [-0.3, -0.25) is 10.6 Å². The number of aromatic nitrogens is 1. The molecule has 4 unspecified atom stereocenters. The number of nitrogens with one attached hydrogen (secondary N) is 2. The van der Waals surface area contributed by atoms with Crippen LogP contribution in [0.1, 0.15) is 67.5 Å². The Hall–Kier alpha value is -3.75. The number of thiophene rings is 1. The minimum absolute atomic E-state index is 0.122. The van der Waals surface area contributed by atoms with E-state index in [1.54, 1.807) is 0 Å². The summed E-state index contributed by atoms with van der Waals surface area (Å²) in [7, 11) is 0. The lowest BCUT2D eigenvalue weighted by Crippen LogP contribution is -2.48. The van der Waals surface area contributed by atoms with Crippen molar-refractivity contribution in [1.29, 1.82) is 0 Å². The Bertz CT molecular complexity index is 2270. The van der Waals surface area contributed by atoms with Crippen molar-refractivity contribution in [2.24, 2.45) is 0 Å². The van der Waals surface area contributed by atoms with Crippen LogP contribution in [0.25, 0.3) is 37.2 Å². The Morgan fingerprint density at radius 2 is 1.48 bits per heavy atom. The number of hydrogen-bond acceptors (Lipinski definition) is 3. The van der Waals surface area contributed by atoms with Crippen LogP contribution in [0.15, 0.2) is 133 Å². The Labute approximate surface area is 300 Å². The molecule has 4 atom stereocenters. The van der Waals surface area contributed by atoms with Crippen LogP contribution in [0, 0.1) is 0 Å². The molecule has 5 aromatic carbocycles. The van der Waals surface area contributed by atoms with Gasteiger partial charge in [-0.2, -0.15) is 0 Å². The smallest absolute Gasteiger partial charge is 0.141 e. The van der Waals surface area contributed by atoms with Crippen LogP contribution in [0.5, 0.6) is 0 Å². The summed E-state index contributed by atoms with van der Waals surface area (Å²) < 4.78 is 4.99. The molecule has 2 N–H and O–H groups in total. The van der Waals surface area contributed by atoms with Gasteiger partial charge < -0.3 is 4.57 Å². The van der Waals surface area contributed by atoms with Gasteiger partial charge in [0.2, 0.25) is 0 Å². The maximum absolute atomic E-state index is 4.14. The molecule has 0 amide bonds. The lowest BCUT2D eigenvalue weighted by atomic mass is 9.73. The van der Waals surface area contributed by atoms with Gasteiger partial charge in [-0.25, -0.2) is 0 Å². The minimum Gasteiger partial charge on any atom is -0.312 e. The molecule has 0 saturated heterocycles. The Morgan fingerprint density at radius 3 is 2.25 bits per heavy atom. The lowest BCUT2D eigenvalue weighted by Gasteiger charge is -2.37. The van der Waals surface area contributed by atoms with Crippen molar-refractivity contribution in [2.75, 3.05) is 0 Å². The van der Waals surface area contributed by atoms with Gasteiger partial charge in [0.25, 0.3) is 0 Å². The van der Waals surface area contributed by atoms with Gasteiger partial charge in [-0.15, -0.1) is 11.3 Å². The first-order valence-corrected chi connectivity index (χ1v) is 18.8. The highest BCUT2D eigenvalue weighted by Crippen LogP contribution is 2.46. The highest BCUT2D eigenvalue weighted by molar-refractivity contribution is 14.1. The number of para-hydroxylation sites is 1. The van der Waals surface area contributed by atoms with E-state index < -0.39 is 0 Å². The van der Waals surface area contributed by atoms with Crippen LogP contribution in [0.3, 0.4) is 0 Å². The second kappa shape index (κ2) is 12.6. The van der Waals surface area contributed by atoms with Crippen LogP contribution >= 0.6 is 33.9 Å². The van der Waals surface area contributed by atoms with E-state index in [9.17, 15) is 0 Å². The number of fused-ring (bicyclic) bond motifs is 6. The first-order chi connectivity index (χ1) is 23.4. The predicted octanol–water partition coefficient (Wildman–Crippen LogP) is 11.6. The van der Waals surface area contributed by atoms with Crippen LogP contribution in [0.4, 0.5) is 0 Å². The molecule has 0 fully saturated rings. The fourth-order valence-corrected chi connectivity index (χ4v) is 9.64. The average molecular weight is 758 g/mol. The van der Waals surface area contributed by atoms with Crippen molar-refractivity contribution in [3.05, 3.63) is 161 Å². The van der Waals surface area contributed by atoms with Crippen molar-refractivity contribution in [1.82, 2.24) is 15.2 Å². The molecule has 5 heteroatoms. The highest BCUT2D eigenvalue weighted by Gasteiger charge is 2.37. The molecule has 240 valence electrons. The second-order valence-corrected chi connectivity index (χ2v) is 16.2. The monoisotopic (exact) mass is 757 g/mol. The molecule has 3 nitrogen and oxygen atoms in total. The summed E-state index contributed by atoms with van der Waals surface area (Å²) in [6, 6.07) is 46.4. The Kier molecular flexibility index (Phi) is 8.28.